The van der Waals surface area contributed by atoms with E-state index in [4.69, 9.17) is 19.9 Å². The van der Waals surface area contributed by atoms with E-state index in [1.807, 2.05) is 6.92 Å². The molecule has 0 aromatic heterocycles. The highest BCUT2D eigenvalue weighted by atomic mass is 16.6. The highest BCUT2D eigenvalue weighted by Crippen LogP contribution is 2.40. The lowest BCUT2D eigenvalue weighted by Crippen LogP contribution is -2.43. The molecule has 1 spiro atoms. The highest BCUT2D eigenvalue weighted by molar-refractivity contribution is 5.38. The van der Waals surface area contributed by atoms with Gasteiger partial charge in [-0.05, 0) is 42.9 Å². The summed E-state index contributed by atoms with van der Waals surface area (Å²) in [5.41, 5.74) is 8.75. The van der Waals surface area contributed by atoms with E-state index < -0.39 is 0 Å². The third kappa shape index (κ3) is 2.93. The molecule has 3 atom stereocenters. The first-order valence-corrected chi connectivity index (χ1v) is 7.75. The second kappa shape index (κ2) is 5.95. The molecule has 21 heavy (non-hydrogen) atoms. The maximum Gasteiger partial charge on any atom is 0.122 e. The van der Waals surface area contributed by atoms with Gasteiger partial charge in [0.15, 0.2) is 0 Å². The molecule has 4 nitrogen and oxygen atoms in total. The minimum absolute atomic E-state index is 0.0286. The Bertz CT molecular complexity index is 497. The minimum Gasteiger partial charge on any atom is -0.496 e. The minimum atomic E-state index is -0.0880. The van der Waals surface area contributed by atoms with E-state index in [1.54, 1.807) is 7.11 Å². The second-order valence-corrected chi connectivity index (χ2v) is 6.34. The van der Waals surface area contributed by atoms with Gasteiger partial charge in [0.2, 0.25) is 0 Å². The third-order valence-corrected chi connectivity index (χ3v) is 4.92. The van der Waals surface area contributed by atoms with Crippen LogP contribution in [0.3, 0.4) is 0 Å². The first-order valence-electron chi connectivity index (χ1n) is 7.75. The molecule has 2 fully saturated rings. The van der Waals surface area contributed by atoms with Crippen LogP contribution in [0.5, 0.6) is 5.75 Å². The molecule has 2 saturated heterocycles. The van der Waals surface area contributed by atoms with Gasteiger partial charge < -0.3 is 19.9 Å². The van der Waals surface area contributed by atoms with Crippen molar-refractivity contribution in [2.24, 2.45) is 11.7 Å². The summed E-state index contributed by atoms with van der Waals surface area (Å²) in [6.45, 7) is 4.35. The van der Waals surface area contributed by atoms with E-state index in [0.717, 1.165) is 49.4 Å². The van der Waals surface area contributed by atoms with E-state index >= 15 is 0 Å². The molecule has 0 bridgehead atoms. The Morgan fingerprint density at radius 3 is 2.95 bits per heavy atom. The SMILES string of the molecule is COc1cc(C(N)C2CCOC3(CCOC3)C2)ccc1C. The number of methoxy groups -OCH3 is 1. The van der Waals surface area contributed by atoms with Crippen molar-refractivity contribution in [3.63, 3.8) is 0 Å². The van der Waals surface area contributed by atoms with Gasteiger partial charge in [-0.3, -0.25) is 0 Å². The maximum atomic E-state index is 6.54. The lowest BCUT2D eigenvalue weighted by atomic mass is 9.79. The monoisotopic (exact) mass is 291 g/mol. The van der Waals surface area contributed by atoms with Gasteiger partial charge in [-0.2, -0.15) is 0 Å². The van der Waals surface area contributed by atoms with E-state index in [0.29, 0.717) is 12.5 Å². The molecule has 2 N–H and O–H groups in total. The van der Waals surface area contributed by atoms with Crippen LogP contribution in [0, 0.1) is 12.8 Å². The van der Waals surface area contributed by atoms with Gasteiger partial charge in [0.1, 0.15) is 5.75 Å². The van der Waals surface area contributed by atoms with Crippen molar-refractivity contribution in [2.45, 2.75) is 37.8 Å². The van der Waals surface area contributed by atoms with Crippen molar-refractivity contribution in [3.05, 3.63) is 29.3 Å². The van der Waals surface area contributed by atoms with Crippen molar-refractivity contribution in [1.29, 1.82) is 0 Å². The van der Waals surface area contributed by atoms with Gasteiger partial charge in [-0.1, -0.05) is 12.1 Å². The van der Waals surface area contributed by atoms with E-state index in [-0.39, 0.29) is 11.6 Å². The van der Waals surface area contributed by atoms with Crippen molar-refractivity contribution < 1.29 is 14.2 Å². The third-order valence-electron chi connectivity index (χ3n) is 4.92. The van der Waals surface area contributed by atoms with Crippen molar-refractivity contribution in [1.82, 2.24) is 0 Å². The molecule has 3 rings (SSSR count). The van der Waals surface area contributed by atoms with Crippen molar-refractivity contribution in [2.75, 3.05) is 26.9 Å². The summed E-state index contributed by atoms with van der Waals surface area (Å²) in [5, 5.41) is 0. The zero-order valence-electron chi connectivity index (χ0n) is 12.9. The van der Waals surface area contributed by atoms with Crippen LogP contribution in [0.1, 0.15) is 36.4 Å². The predicted octanol–water partition coefficient (Wildman–Crippen LogP) is 2.59. The molecular formula is C17H25NO3. The lowest BCUT2D eigenvalue weighted by molar-refractivity contribution is -0.101. The molecule has 0 radical (unpaired) electrons. The normalized spacial score (nSPS) is 30.5. The molecule has 1 aromatic carbocycles. The van der Waals surface area contributed by atoms with Crippen LogP contribution >= 0.6 is 0 Å². The summed E-state index contributed by atoms with van der Waals surface area (Å²) in [7, 11) is 1.71. The molecular weight excluding hydrogens is 266 g/mol. The number of aryl methyl sites for hydroxylation is 1. The van der Waals surface area contributed by atoms with Crippen LogP contribution in [0.15, 0.2) is 18.2 Å². The topological polar surface area (TPSA) is 53.7 Å². The summed E-state index contributed by atoms with van der Waals surface area (Å²) in [6.07, 6.45) is 3.00. The lowest BCUT2D eigenvalue weighted by Gasteiger charge is -2.39. The van der Waals surface area contributed by atoms with Crippen LogP contribution in [-0.2, 0) is 9.47 Å². The average Bonchev–Trinajstić information content (AvgIpc) is 2.95. The molecule has 2 aliphatic rings. The molecule has 0 aliphatic carbocycles. The van der Waals surface area contributed by atoms with Crippen LogP contribution in [0.4, 0.5) is 0 Å². The molecule has 3 unspecified atom stereocenters. The van der Waals surface area contributed by atoms with Gasteiger partial charge in [-0.15, -0.1) is 0 Å². The highest BCUT2D eigenvalue weighted by Gasteiger charge is 2.42. The number of rotatable bonds is 3. The summed E-state index contributed by atoms with van der Waals surface area (Å²) in [4.78, 5) is 0. The molecule has 0 amide bonds. The Balaban J connectivity index is 1.76. The fraction of sp³-hybridized carbons (Fsp3) is 0.647. The summed E-state index contributed by atoms with van der Waals surface area (Å²) < 4.78 is 17.0. The molecule has 2 aliphatic heterocycles. The van der Waals surface area contributed by atoms with Crippen molar-refractivity contribution in [3.8, 4) is 5.75 Å². The van der Waals surface area contributed by atoms with Gasteiger partial charge in [0.05, 0.1) is 19.3 Å². The smallest absolute Gasteiger partial charge is 0.122 e. The van der Waals surface area contributed by atoms with Gasteiger partial charge >= 0.3 is 0 Å². The van der Waals surface area contributed by atoms with E-state index in [9.17, 15) is 0 Å². The molecule has 2 heterocycles. The fourth-order valence-electron chi connectivity index (χ4n) is 3.55. The summed E-state index contributed by atoms with van der Waals surface area (Å²) >= 11 is 0. The number of ether oxygens (including phenoxy) is 3. The maximum absolute atomic E-state index is 6.54. The molecule has 0 saturated carbocycles. The van der Waals surface area contributed by atoms with Crippen LogP contribution in [0.25, 0.3) is 0 Å². The first-order chi connectivity index (χ1) is 10.1. The standard InChI is InChI=1S/C17H25NO3/c1-12-3-4-13(9-15(12)19-2)16(18)14-5-7-21-17(10-14)6-8-20-11-17/h3-4,9,14,16H,5-8,10-11,18H2,1-2H3. The zero-order chi connectivity index (χ0) is 14.9. The van der Waals surface area contributed by atoms with Crippen molar-refractivity contribution >= 4 is 0 Å². The summed E-state index contributed by atoms with van der Waals surface area (Å²) in [6, 6.07) is 6.31. The Kier molecular flexibility index (Phi) is 4.20. The Labute approximate surface area is 126 Å². The predicted molar refractivity (Wildman–Crippen MR) is 81.5 cm³/mol. The number of hydrogen-bond donors (Lipinski definition) is 1. The number of benzene rings is 1. The zero-order valence-corrected chi connectivity index (χ0v) is 12.9. The number of hydrogen-bond acceptors (Lipinski definition) is 4. The molecule has 116 valence electrons. The van der Waals surface area contributed by atoms with Crippen LogP contribution in [-0.4, -0.2) is 32.5 Å². The Hall–Kier alpha value is -1.10. The second-order valence-electron chi connectivity index (χ2n) is 6.34. The van der Waals surface area contributed by atoms with E-state index in [1.165, 1.54) is 0 Å². The average molecular weight is 291 g/mol. The van der Waals surface area contributed by atoms with Gasteiger partial charge in [0, 0.05) is 25.7 Å². The van der Waals surface area contributed by atoms with Crippen LogP contribution < -0.4 is 10.5 Å². The first kappa shape index (κ1) is 14.8. The largest absolute Gasteiger partial charge is 0.496 e. The fourth-order valence-corrected chi connectivity index (χ4v) is 3.55. The van der Waals surface area contributed by atoms with Gasteiger partial charge in [0.25, 0.3) is 0 Å². The van der Waals surface area contributed by atoms with E-state index in [2.05, 4.69) is 18.2 Å². The van der Waals surface area contributed by atoms with Gasteiger partial charge in [-0.25, -0.2) is 0 Å². The molecule has 4 heteroatoms. The summed E-state index contributed by atoms with van der Waals surface area (Å²) in [5.74, 6) is 1.35. The number of nitrogens with two attached hydrogens (primary N) is 1. The quantitative estimate of drug-likeness (QED) is 0.930. The Morgan fingerprint density at radius 1 is 1.38 bits per heavy atom. The Morgan fingerprint density at radius 2 is 2.24 bits per heavy atom. The van der Waals surface area contributed by atoms with Crippen LogP contribution in [0.2, 0.25) is 0 Å². The molecule has 1 aromatic rings.